The quantitative estimate of drug-likeness (QED) is 0.886. The molecule has 0 spiro atoms. The maximum absolute atomic E-state index is 13.8. The van der Waals surface area contributed by atoms with Crippen LogP contribution < -0.4 is 10.5 Å². The van der Waals surface area contributed by atoms with Crippen molar-refractivity contribution in [3.05, 3.63) is 29.1 Å². The molecule has 5 nitrogen and oxygen atoms in total. The fourth-order valence-electron chi connectivity index (χ4n) is 2.43. The molecule has 0 heterocycles. The van der Waals surface area contributed by atoms with Gasteiger partial charge in [0.1, 0.15) is 5.82 Å². The maximum Gasteiger partial charge on any atom is 0.251 e. The second-order valence-corrected chi connectivity index (χ2v) is 7.50. The van der Waals surface area contributed by atoms with E-state index < -0.39 is 21.7 Å². The van der Waals surface area contributed by atoms with Gasteiger partial charge in [0.2, 0.25) is 10.0 Å². The molecular weight excluding hydrogens is 295 g/mol. The third-order valence-corrected chi connectivity index (χ3v) is 5.14. The molecule has 0 saturated heterocycles. The summed E-state index contributed by atoms with van der Waals surface area (Å²) < 4.78 is 36.6. The highest BCUT2D eigenvalue weighted by atomic mass is 32.2. The van der Waals surface area contributed by atoms with Crippen molar-refractivity contribution in [2.45, 2.75) is 38.0 Å². The standard InChI is InChI=1S/C14H19FN2O3S/c1-9-11(15)6-10(7-12(9)21(16,19)20)13(18)17-8-14(2)4-3-5-14/h6-7H,3-5,8H2,1-2H3,(H,17,18)(H2,16,19,20). The Balaban J connectivity index is 2.23. The van der Waals surface area contributed by atoms with E-state index in [1.54, 1.807) is 0 Å². The number of hydrogen-bond donors (Lipinski definition) is 2. The van der Waals surface area contributed by atoms with E-state index >= 15 is 0 Å². The average Bonchev–Trinajstić information content (AvgIpc) is 2.35. The molecule has 7 heteroatoms. The lowest BCUT2D eigenvalue weighted by Crippen LogP contribution is -2.40. The molecule has 0 aromatic heterocycles. The van der Waals surface area contributed by atoms with E-state index in [9.17, 15) is 17.6 Å². The van der Waals surface area contributed by atoms with E-state index in [0.29, 0.717) is 6.54 Å². The predicted octanol–water partition coefficient (Wildman–Crippen LogP) is 1.70. The topological polar surface area (TPSA) is 89.3 Å². The van der Waals surface area contributed by atoms with Crippen molar-refractivity contribution in [3.63, 3.8) is 0 Å². The number of amides is 1. The number of carbonyl (C=O) groups is 1. The van der Waals surface area contributed by atoms with Crippen LogP contribution in [-0.4, -0.2) is 20.9 Å². The predicted molar refractivity (Wildman–Crippen MR) is 76.8 cm³/mol. The van der Waals surface area contributed by atoms with Gasteiger partial charge in [-0.1, -0.05) is 13.3 Å². The minimum Gasteiger partial charge on any atom is -0.351 e. The van der Waals surface area contributed by atoms with Crippen molar-refractivity contribution in [1.82, 2.24) is 5.32 Å². The highest BCUT2D eigenvalue weighted by molar-refractivity contribution is 7.89. The van der Waals surface area contributed by atoms with Crippen LogP contribution in [0.4, 0.5) is 4.39 Å². The lowest BCUT2D eigenvalue weighted by atomic mass is 9.70. The van der Waals surface area contributed by atoms with Gasteiger partial charge in [-0.2, -0.15) is 0 Å². The van der Waals surface area contributed by atoms with Gasteiger partial charge in [-0.3, -0.25) is 4.79 Å². The molecule has 1 aromatic rings. The van der Waals surface area contributed by atoms with Gasteiger partial charge in [0.15, 0.2) is 0 Å². The summed E-state index contributed by atoms with van der Waals surface area (Å²) in [5.41, 5.74) is -0.0353. The summed E-state index contributed by atoms with van der Waals surface area (Å²) in [6.07, 6.45) is 3.22. The summed E-state index contributed by atoms with van der Waals surface area (Å²) >= 11 is 0. The molecule has 0 atom stereocenters. The van der Waals surface area contributed by atoms with E-state index in [-0.39, 0.29) is 21.4 Å². The Morgan fingerprint density at radius 3 is 2.52 bits per heavy atom. The minimum absolute atomic E-state index is 0.0370. The lowest BCUT2D eigenvalue weighted by Gasteiger charge is -2.38. The van der Waals surface area contributed by atoms with Crippen LogP contribution in [0.1, 0.15) is 42.1 Å². The highest BCUT2D eigenvalue weighted by Gasteiger charge is 2.32. The monoisotopic (exact) mass is 314 g/mol. The zero-order chi connectivity index (χ0) is 15.8. The van der Waals surface area contributed by atoms with Crippen molar-refractivity contribution < 1.29 is 17.6 Å². The van der Waals surface area contributed by atoms with Crippen molar-refractivity contribution >= 4 is 15.9 Å². The van der Waals surface area contributed by atoms with E-state index in [1.807, 2.05) is 0 Å². The molecule has 0 bridgehead atoms. The average molecular weight is 314 g/mol. The number of sulfonamides is 1. The van der Waals surface area contributed by atoms with Gasteiger partial charge >= 0.3 is 0 Å². The van der Waals surface area contributed by atoms with Crippen LogP contribution in [0.3, 0.4) is 0 Å². The van der Waals surface area contributed by atoms with Crippen molar-refractivity contribution in [2.75, 3.05) is 6.54 Å². The SMILES string of the molecule is Cc1c(F)cc(C(=O)NCC2(C)CCC2)cc1S(N)(=O)=O. The van der Waals surface area contributed by atoms with Gasteiger partial charge in [-0.15, -0.1) is 0 Å². The van der Waals surface area contributed by atoms with Crippen molar-refractivity contribution in [3.8, 4) is 0 Å². The Labute approximate surface area is 123 Å². The first-order valence-electron chi connectivity index (χ1n) is 6.74. The summed E-state index contributed by atoms with van der Waals surface area (Å²) in [4.78, 5) is 11.7. The Kier molecular flexibility index (Phi) is 4.08. The van der Waals surface area contributed by atoms with Crippen molar-refractivity contribution in [2.24, 2.45) is 10.6 Å². The molecule has 1 aromatic carbocycles. The molecule has 2 rings (SSSR count). The molecule has 116 valence electrons. The van der Waals surface area contributed by atoms with E-state index in [2.05, 4.69) is 12.2 Å². The first-order valence-corrected chi connectivity index (χ1v) is 8.28. The molecule has 1 aliphatic rings. The first-order chi connectivity index (χ1) is 9.62. The van der Waals surface area contributed by atoms with Crippen molar-refractivity contribution in [1.29, 1.82) is 0 Å². The van der Waals surface area contributed by atoms with Crippen LogP contribution >= 0.6 is 0 Å². The van der Waals surface area contributed by atoms with Crippen LogP contribution in [0.25, 0.3) is 0 Å². The van der Waals surface area contributed by atoms with E-state index in [1.165, 1.54) is 6.92 Å². The second kappa shape index (κ2) is 5.38. The Morgan fingerprint density at radius 1 is 1.43 bits per heavy atom. The van der Waals surface area contributed by atoms with Gasteiger partial charge in [-0.25, -0.2) is 17.9 Å². The number of nitrogens with one attached hydrogen (secondary N) is 1. The number of carbonyl (C=O) groups excluding carboxylic acids is 1. The number of nitrogens with two attached hydrogens (primary N) is 1. The summed E-state index contributed by atoms with van der Waals surface area (Å²) in [7, 11) is -4.07. The van der Waals surface area contributed by atoms with Crippen LogP contribution in [0.5, 0.6) is 0 Å². The van der Waals surface area contributed by atoms with Gasteiger partial charge in [-0.05, 0) is 37.3 Å². The van der Waals surface area contributed by atoms with Crippen LogP contribution in [0.15, 0.2) is 17.0 Å². The third kappa shape index (κ3) is 3.41. The van der Waals surface area contributed by atoms with Gasteiger partial charge in [0.05, 0.1) is 4.90 Å². The molecule has 21 heavy (non-hydrogen) atoms. The number of rotatable bonds is 4. The molecule has 1 saturated carbocycles. The normalized spacial score (nSPS) is 17.1. The Hall–Kier alpha value is -1.47. The van der Waals surface area contributed by atoms with E-state index in [4.69, 9.17) is 5.14 Å². The minimum atomic E-state index is -4.07. The molecule has 1 amide bonds. The van der Waals surface area contributed by atoms with Gasteiger partial charge in [0, 0.05) is 17.7 Å². The Bertz CT molecular complexity index is 682. The van der Waals surface area contributed by atoms with Gasteiger partial charge < -0.3 is 5.32 Å². The summed E-state index contributed by atoms with van der Waals surface area (Å²) in [6.45, 7) is 3.88. The largest absolute Gasteiger partial charge is 0.351 e. The molecular formula is C14H19FN2O3S. The fraction of sp³-hybridized carbons (Fsp3) is 0.500. The number of primary sulfonamides is 1. The number of halogens is 1. The summed E-state index contributed by atoms with van der Waals surface area (Å²) in [6, 6.07) is 2.15. The smallest absolute Gasteiger partial charge is 0.251 e. The number of hydrogen-bond acceptors (Lipinski definition) is 3. The molecule has 3 N–H and O–H groups in total. The zero-order valence-corrected chi connectivity index (χ0v) is 12.9. The molecule has 1 fully saturated rings. The summed E-state index contributed by atoms with van der Waals surface area (Å²) in [5, 5.41) is 7.77. The Morgan fingerprint density at radius 2 is 2.05 bits per heavy atom. The molecule has 1 aliphatic carbocycles. The molecule has 0 unspecified atom stereocenters. The van der Waals surface area contributed by atoms with Crippen LogP contribution in [0.2, 0.25) is 0 Å². The number of benzene rings is 1. The third-order valence-electron chi connectivity index (χ3n) is 4.10. The second-order valence-electron chi connectivity index (χ2n) is 5.97. The van der Waals surface area contributed by atoms with E-state index in [0.717, 1.165) is 31.4 Å². The molecule has 0 radical (unpaired) electrons. The van der Waals surface area contributed by atoms with Crippen LogP contribution in [0, 0.1) is 18.2 Å². The first kappa shape index (κ1) is 15.9. The highest BCUT2D eigenvalue weighted by Crippen LogP contribution is 2.39. The fourth-order valence-corrected chi connectivity index (χ4v) is 3.25. The van der Waals surface area contributed by atoms with Crippen LogP contribution in [-0.2, 0) is 10.0 Å². The van der Waals surface area contributed by atoms with Gasteiger partial charge in [0.25, 0.3) is 5.91 Å². The molecule has 0 aliphatic heterocycles. The summed E-state index contributed by atoms with van der Waals surface area (Å²) in [5.74, 6) is -1.26. The zero-order valence-electron chi connectivity index (χ0n) is 12.1. The maximum atomic E-state index is 13.8. The lowest BCUT2D eigenvalue weighted by molar-refractivity contribution is 0.0890.